The maximum absolute atomic E-state index is 13.2. The monoisotopic (exact) mass is 306 g/mol. The van der Waals surface area contributed by atoms with E-state index in [9.17, 15) is 4.79 Å². The van der Waals surface area contributed by atoms with Gasteiger partial charge in [0, 0.05) is 12.2 Å². The number of rotatable bonds is 2. The number of ether oxygens (including phenoxy) is 1. The van der Waals surface area contributed by atoms with E-state index in [1.165, 1.54) is 16.7 Å². The second-order valence-corrected chi connectivity index (χ2v) is 6.82. The van der Waals surface area contributed by atoms with Crippen molar-refractivity contribution >= 4 is 5.78 Å². The maximum Gasteiger partial charge on any atom is 0.169 e. The second-order valence-electron chi connectivity index (χ2n) is 6.82. The predicted molar refractivity (Wildman–Crippen MR) is 90.6 cm³/mol. The summed E-state index contributed by atoms with van der Waals surface area (Å²) in [5, 5.41) is 0. The molecule has 2 heteroatoms. The zero-order valence-electron chi connectivity index (χ0n) is 13.5. The van der Waals surface area contributed by atoms with Crippen molar-refractivity contribution in [3.8, 4) is 0 Å². The summed E-state index contributed by atoms with van der Waals surface area (Å²) in [6, 6.07) is 16.5. The first-order valence-corrected chi connectivity index (χ1v) is 8.54. The Balaban J connectivity index is 1.76. The van der Waals surface area contributed by atoms with E-state index in [4.69, 9.17) is 4.74 Å². The van der Waals surface area contributed by atoms with Gasteiger partial charge in [0.15, 0.2) is 5.78 Å². The lowest BCUT2D eigenvalue weighted by atomic mass is 9.67. The predicted octanol–water partition coefficient (Wildman–Crippen LogP) is 4.45. The topological polar surface area (TPSA) is 26.3 Å². The van der Waals surface area contributed by atoms with Gasteiger partial charge in [0.25, 0.3) is 0 Å². The van der Waals surface area contributed by atoms with Crippen molar-refractivity contribution < 1.29 is 9.53 Å². The van der Waals surface area contributed by atoms with Gasteiger partial charge in [-0.1, -0.05) is 54.1 Å². The molecule has 2 nitrogen and oxygen atoms in total. The van der Waals surface area contributed by atoms with Gasteiger partial charge in [0.1, 0.15) is 5.60 Å². The first kappa shape index (κ1) is 14.6. The number of carbonyl (C=O) groups excluding carboxylic acids is 1. The third-order valence-electron chi connectivity index (χ3n) is 5.44. The van der Waals surface area contributed by atoms with Gasteiger partial charge in [0.2, 0.25) is 0 Å². The van der Waals surface area contributed by atoms with E-state index in [1.807, 2.05) is 31.2 Å². The van der Waals surface area contributed by atoms with Gasteiger partial charge in [-0.3, -0.25) is 4.79 Å². The minimum atomic E-state index is -0.406. The van der Waals surface area contributed by atoms with Crippen LogP contribution in [0.25, 0.3) is 0 Å². The van der Waals surface area contributed by atoms with E-state index < -0.39 is 5.60 Å². The number of hydrogen-bond donors (Lipinski definition) is 0. The minimum absolute atomic E-state index is 0.0670. The van der Waals surface area contributed by atoms with Gasteiger partial charge in [-0.2, -0.15) is 0 Å². The standard InChI is InChI=1S/C21H22O2/c1-15-7-9-17(10-8-15)20(22)19-12-11-16-5-2-3-6-18(16)21(19)13-4-14-23-21/h2-3,5-10,19H,4,11-14H2,1H3. The summed E-state index contributed by atoms with van der Waals surface area (Å²) in [7, 11) is 0. The van der Waals surface area contributed by atoms with Crippen molar-refractivity contribution in [1.29, 1.82) is 0 Å². The van der Waals surface area contributed by atoms with E-state index in [1.54, 1.807) is 0 Å². The Labute approximate surface area is 137 Å². The number of aryl methyl sites for hydroxylation is 2. The molecule has 0 radical (unpaired) electrons. The fourth-order valence-corrected chi connectivity index (χ4v) is 4.28. The van der Waals surface area contributed by atoms with Crippen molar-refractivity contribution in [2.75, 3.05) is 6.61 Å². The van der Waals surface area contributed by atoms with Crippen molar-refractivity contribution in [2.45, 2.75) is 38.2 Å². The number of carbonyl (C=O) groups is 1. The van der Waals surface area contributed by atoms with Crippen LogP contribution >= 0.6 is 0 Å². The summed E-state index contributed by atoms with van der Waals surface area (Å²) in [5.74, 6) is 0.170. The van der Waals surface area contributed by atoms with Crippen molar-refractivity contribution in [1.82, 2.24) is 0 Å². The quantitative estimate of drug-likeness (QED) is 0.766. The van der Waals surface area contributed by atoms with Gasteiger partial charge in [-0.05, 0) is 43.7 Å². The molecule has 1 aliphatic carbocycles. The second kappa shape index (κ2) is 5.61. The highest BCUT2D eigenvalue weighted by atomic mass is 16.5. The summed E-state index contributed by atoms with van der Waals surface area (Å²) >= 11 is 0. The number of benzene rings is 2. The molecule has 0 aromatic heterocycles. The zero-order chi connectivity index (χ0) is 15.9. The van der Waals surface area contributed by atoms with Crippen molar-refractivity contribution in [3.63, 3.8) is 0 Å². The van der Waals surface area contributed by atoms with Gasteiger partial charge >= 0.3 is 0 Å². The molecule has 1 fully saturated rings. The molecule has 0 saturated carbocycles. The van der Waals surface area contributed by atoms with Crippen LogP contribution in [-0.2, 0) is 16.8 Å². The van der Waals surface area contributed by atoms with Crippen molar-refractivity contribution in [3.05, 3.63) is 70.8 Å². The SMILES string of the molecule is Cc1ccc(C(=O)C2CCc3ccccc3C23CCCO3)cc1. The molecule has 0 amide bonds. The Morgan fingerprint density at radius 2 is 1.91 bits per heavy atom. The van der Waals surface area contributed by atoms with Crippen LogP contribution in [0.15, 0.2) is 48.5 Å². The Hall–Kier alpha value is -1.93. The highest BCUT2D eigenvalue weighted by Crippen LogP contribution is 2.49. The molecule has 2 aromatic carbocycles. The lowest BCUT2D eigenvalue weighted by molar-refractivity contribution is -0.0477. The third kappa shape index (κ3) is 2.33. The van der Waals surface area contributed by atoms with Gasteiger partial charge in [-0.15, -0.1) is 0 Å². The molecule has 118 valence electrons. The average Bonchev–Trinajstić information content (AvgIpc) is 3.06. The van der Waals surface area contributed by atoms with Crippen LogP contribution < -0.4 is 0 Å². The molecule has 4 rings (SSSR count). The van der Waals surface area contributed by atoms with E-state index in [0.29, 0.717) is 0 Å². The zero-order valence-corrected chi connectivity index (χ0v) is 13.5. The fourth-order valence-electron chi connectivity index (χ4n) is 4.28. The highest BCUT2D eigenvalue weighted by Gasteiger charge is 2.50. The highest BCUT2D eigenvalue weighted by molar-refractivity contribution is 5.99. The normalized spacial score (nSPS) is 26.2. The van der Waals surface area contributed by atoms with Crippen LogP contribution in [0.4, 0.5) is 0 Å². The summed E-state index contributed by atoms with van der Waals surface area (Å²) in [6.07, 6.45) is 3.82. The van der Waals surface area contributed by atoms with E-state index >= 15 is 0 Å². The molecule has 2 aromatic rings. The third-order valence-corrected chi connectivity index (χ3v) is 5.44. The van der Waals surface area contributed by atoms with Crippen molar-refractivity contribution in [2.24, 2.45) is 5.92 Å². The molecule has 1 saturated heterocycles. The number of fused-ring (bicyclic) bond motifs is 2. The number of Topliss-reactive ketones (excluding diaryl/α,β-unsaturated/α-hetero) is 1. The summed E-state index contributed by atoms with van der Waals surface area (Å²) in [4.78, 5) is 13.2. The Bertz CT molecular complexity index is 724. The lowest BCUT2D eigenvalue weighted by Gasteiger charge is -2.41. The Morgan fingerprint density at radius 1 is 1.13 bits per heavy atom. The molecule has 0 bridgehead atoms. The van der Waals surface area contributed by atoms with E-state index in [0.717, 1.165) is 37.9 Å². The summed E-state index contributed by atoms with van der Waals surface area (Å²) < 4.78 is 6.27. The van der Waals surface area contributed by atoms with E-state index in [2.05, 4.69) is 24.3 Å². The van der Waals surface area contributed by atoms with Crippen LogP contribution in [0.1, 0.15) is 46.3 Å². The molecule has 2 aliphatic rings. The number of hydrogen-bond acceptors (Lipinski definition) is 2. The molecule has 23 heavy (non-hydrogen) atoms. The average molecular weight is 306 g/mol. The molecular formula is C21H22O2. The van der Waals surface area contributed by atoms with Gasteiger partial charge in [-0.25, -0.2) is 0 Å². The molecule has 2 unspecified atom stereocenters. The largest absolute Gasteiger partial charge is 0.370 e. The maximum atomic E-state index is 13.2. The number of ketones is 1. The van der Waals surface area contributed by atoms with E-state index in [-0.39, 0.29) is 11.7 Å². The Kier molecular flexibility index (Phi) is 3.57. The van der Waals surface area contributed by atoms with Crippen LogP contribution in [0.5, 0.6) is 0 Å². The molecule has 0 N–H and O–H groups in total. The Morgan fingerprint density at radius 3 is 2.65 bits per heavy atom. The van der Waals surface area contributed by atoms with Crippen LogP contribution in [0.3, 0.4) is 0 Å². The smallest absolute Gasteiger partial charge is 0.169 e. The first-order chi connectivity index (χ1) is 11.2. The van der Waals surface area contributed by atoms with Gasteiger partial charge in [0.05, 0.1) is 5.92 Å². The van der Waals surface area contributed by atoms with Crippen LogP contribution in [0, 0.1) is 12.8 Å². The lowest BCUT2D eigenvalue weighted by Crippen LogP contribution is -2.43. The summed E-state index contributed by atoms with van der Waals surface area (Å²) in [6.45, 7) is 2.80. The molecule has 2 atom stereocenters. The molecule has 1 heterocycles. The fraction of sp³-hybridized carbons (Fsp3) is 0.381. The first-order valence-electron chi connectivity index (χ1n) is 8.54. The van der Waals surface area contributed by atoms with Gasteiger partial charge < -0.3 is 4.74 Å². The molecular weight excluding hydrogens is 284 g/mol. The summed E-state index contributed by atoms with van der Waals surface area (Å²) in [5.41, 5.74) is 4.19. The minimum Gasteiger partial charge on any atom is -0.370 e. The van der Waals surface area contributed by atoms with Crippen LogP contribution in [0.2, 0.25) is 0 Å². The van der Waals surface area contributed by atoms with Crippen LogP contribution in [-0.4, -0.2) is 12.4 Å². The molecule has 1 spiro atoms. The molecule has 1 aliphatic heterocycles.